The third-order valence-corrected chi connectivity index (χ3v) is 25.7. The molecule has 0 amide bonds. The van der Waals surface area contributed by atoms with Gasteiger partial charge in [0.2, 0.25) is 17.0 Å². The topological polar surface area (TPSA) is 30.9 Å². The van der Waals surface area contributed by atoms with Crippen molar-refractivity contribution in [1.82, 2.24) is 3.90 Å². The van der Waals surface area contributed by atoms with Crippen molar-refractivity contribution in [3.63, 3.8) is 0 Å². The number of hydrogen-bond donors (Lipinski definition) is 0. The molecule has 88 valence electrons. The summed E-state index contributed by atoms with van der Waals surface area (Å²) in [5.41, 5.74) is 0. The largest absolute Gasteiger partial charge is 0.425 e. The average Bonchev–Trinajstić information content (AvgIpc) is 1.70. The second-order valence-corrected chi connectivity index (χ2v) is 21.3. The van der Waals surface area contributed by atoms with Crippen LogP contribution < -0.4 is 0 Å². The first-order valence-corrected chi connectivity index (χ1v) is 16.2. The molecule has 0 radical (unpaired) electrons. The van der Waals surface area contributed by atoms with Crippen molar-refractivity contribution in [2.45, 2.75) is 45.8 Å². The van der Waals surface area contributed by atoms with E-state index in [1.54, 1.807) is 0 Å². The van der Waals surface area contributed by atoms with E-state index in [2.05, 4.69) is 49.7 Å². The Bertz CT molecular complexity index is 291. The van der Waals surface area contributed by atoms with Gasteiger partial charge in [-0.15, -0.1) is 0 Å². The lowest BCUT2D eigenvalue weighted by atomic mass is 11.9. The van der Waals surface area contributed by atoms with Gasteiger partial charge >= 0.3 is 17.3 Å². The van der Waals surface area contributed by atoms with E-state index in [0.717, 1.165) is 0 Å². The summed E-state index contributed by atoms with van der Waals surface area (Å²) in [5.74, 6) is 0. The predicted octanol–water partition coefficient (Wildman–Crippen LogP) is 2.04. The standard InChI is InChI=1S/C7H21NO3Si4/c1-12(2)8-13(3,4)10-15(8,7)11-14(5,6)9-12/h1-7H3. The van der Waals surface area contributed by atoms with E-state index in [1.165, 1.54) is 0 Å². The van der Waals surface area contributed by atoms with E-state index >= 15 is 0 Å². The Kier molecular flexibility index (Phi) is 2.38. The summed E-state index contributed by atoms with van der Waals surface area (Å²) < 4.78 is 21.1. The molecule has 0 N–H and O–H groups in total. The minimum atomic E-state index is -2.03. The maximum Gasteiger partial charge on any atom is 0.396 e. The molecule has 0 aromatic carbocycles. The maximum absolute atomic E-state index is 6.27. The molecular weight excluding hydrogens is 258 g/mol. The van der Waals surface area contributed by atoms with Gasteiger partial charge in [0, 0.05) is 0 Å². The van der Waals surface area contributed by atoms with Gasteiger partial charge < -0.3 is 12.3 Å². The molecule has 2 aliphatic rings. The van der Waals surface area contributed by atoms with Gasteiger partial charge in [0.1, 0.15) is 0 Å². The van der Waals surface area contributed by atoms with Crippen molar-refractivity contribution in [3.05, 3.63) is 0 Å². The minimum absolute atomic E-state index is 1.65. The van der Waals surface area contributed by atoms with Crippen LogP contribution in [0.3, 0.4) is 0 Å². The third kappa shape index (κ3) is 1.76. The average molecular weight is 280 g/mol. The summed E-state index contributed by atoms with van der Waals surface area (Å²) in [4.78, 5) is 0. The SMILES string of the molecule is C[Si]1(C)O[Si](C)(C)N2[Si](C)(C)O[Si]2(C)O1. The zero-order valence-electron chi connectivity index (χ0n) is 10.7. The summed E-state index contributed by atoms with van der Waals surface area (Å²) in [6, 6.07) is 0. The van der Waals surface area contributed by atoms with Gasteiger partial charge in [0.25, 0.3) is 0 Å². The highest BCUT2D eigenvalue weighted by Gasteiger charge is 2.72. The summed E-state index contributed by atoms with van der Waals surface area (Å²) >= 11 is 0. The molecule has 2 rings (SSSR count). The number of rotatable bonds is 0. The fourth-order valence-electron chi connectivity index (χ4n) is 3.33. The molecule has 0 saturated carbocycles. The van der Waals surface area contributed by atoms with Gasteiger partial charge in [-0.3, -0.25) is 3.90 Å². The summed E-state index contributed by atoms with van der Waals surface area (Å²) in [7, 11) is -7.36. The molecule has 2 aliphatic heterocycles. The Balaban J connectivity index is 2.35. The second-order valence-electron chi connectivity index (χ2n) is 5.83. The summed E-state index contributed by atoms with van der Waals surface area (Å²) in [6.07, 6.45) is 0. The lowest BCUT2D eigenvalue weighted by Gasteiger charge is -2.67. The second kappa shape index (κ2) is 2.93. The van der Waals surface area contributed by atoms with Crippen LogP contribution in [0.25, 0.3) is 0 Å². The van der Waals surface area contributed by atoms with Gasteiger partial charge in [0.05, 0.1) is 0 Å². The van der Waals surface area contributed by atoms with Gasteiger partial charge in [-0.25, -0.2) is 0 Å². The van der Waals surface area contributed by atoms with Crippen LogP contribution in [0.15, 0.2) is 0 Å². The molecule has 0 bridgehead atoms. The Morgan fingerprint density at radius 1 is 0.667 bits per heavy atom. The van der Waals surface area contributed by atoms with E-state index in [9.17, 15) is 0 Å². The quantitative estimate of drug-likeness (QED) is 0.635. The molecule has 8 heteroatoms. The zero-order valence-corrected chi connectivity index (χ0v) is 14.7. The van der Waals surface area contributed by atoms with Crippen LogP contribution in [-0.4, -0.2) is 38.1 Å². The third-order valence-electron chi connectivity index (χ3n) is 2.85. The van der Waals surface area contributed by atoms with Crippen LogP contribution in [-0.2, 0) is 12.3 Å². The van der Waals surface area contributed by atoms with Crippen molar-refractivity contribution >= 4 is 34.2 Å². The van der Waals surface area contributed by atoms with Crippen LogP contribution in [0.5, 0.6) is 0 Å². The molecule has 0 aliphatic carbocycles. The van der Waals surface area contributed by atoms with Gasteiger partial charge in [0.15, 0.2) is 0 Å². The Labute approximate surface area is 96.5 Å². The first kappa shape index (κ1) is 12.2. The highest BCUT2D eigenvalue weighted by molar-refractivity contribution is 7.11. The summed E-state index contributed by atoms with van der Waals surface area (Å²) in [5, 5.41) is 0. The maximum atomic E-state index is 6.27. The highest BCUT2D eigenvalue weighted by Crippen LogP contribution is 2.45. The molecular formula is C7H21NO3Si4. The monoisotopic (exact) mass is 279 g/mol. The van der Waals surface area contributed by atoms with Crippen molar-refractivity contribution in [2.75, 3.05) is 0 Å². The number of fused-ring (bicyclic) bond motifs is 1. The molecule has 1 unspecified atom stereocenters. The van der Waals surface area contributed by atoms with Crippen LogP contribution >= 0.6 is 0 Å². The molecule has 4 nitrogen and oxygen atoms in total. The van der Waals surface area contributed by atoms with Gasteiger partial charge in [-0.1, -0.05) is 0 Å². The lowest BCUT2D eigenvalue weighted by molar-refractivity contribution is 0.193. The molecule has 2 heterocycles. The fraction of sp³-hybridized carbons (Fsp3) is 1.00. The molecule has 0 spiro atoms. The Morgan fingerprint density at radius 3 is 1.53 bits per heavy atom. The van der Waals surface area contributed by atoms with Crippen LogP contribution in [0.1, 0.15) is 0 Å². The molecule has 0 aromatic heterocycles. The van der Waals surface area contributed by atoms with E-state index in [4.69, 9.17) is 12.3 Å². The van der Waals surface area contributed by atoms with Gasteiger partial charge in [-0.2, -0.15) is 0 Å². The molecule has 2 saturated heterocycles. The highest BCUT2D eigenvalue weighted by atomic mass is 28.6. The van der Waals surface area contributed by atoms with Crippen molar-refractivity contribution in [2.24, 2.45) is 0 Å². The van der Waals surface area contributed by atoms with Crippen LogP contribution in [0.4, 0.5) is 0 Å². The van der Waals surface area contributed by atoms with Crippen LogP contribution in [0, 0.1) is 0 Å². The van der Waals surface area contributed by atoms with Crippen LogP contribution in [0.2, 0.25) is 45.8 Å². The Morgan fingerprint density at radius 2 is 1.13 bits per heavy atom. The van der Waals surface area contributed by atoms with E-state index in [0.29, 0.717) is 0 Å². The van der Waals surface area contributed by atoms with Gasteiger partial charge in [-0.05, 0) is 45.8 Å². The summed E-state index contributed by atoms with van der Waals surface area (Å²) in [6.45, 7) is 15.5. The normalized spacial score (nSPS) is 41.8. The van der Waals surface area contributed by atoms with E-state index < -0.39 is 34.2 Å². The van der Waals surface area contributed by atoms with Crippen molar-refractivity contribution in [1.29, 1.82) is 0 Å². The zero-order chi connectivity index (χ0) is 11.7. The molecule has 1 atom stereocenters. The first-order chi connectivity index (χ1) is 6.49. The number of nitrogens with zero attached hydrogens (tertiary/aromatic N) is 1. The lowest BCUT2D eigenvalue weighted by Crippen LogP contribution is -2.92. The smallest absolute Gasteiger partial charge is 0.396 e. The number of hydrogen-bond acceptors (Lipinski definition) is 4. The molecule has 15 heavy (non-hydrogen) atoms. The minimum Gasteiger partial charge on any atom is -0.425 e. The van der Waals surface area contributed by atoms with Crippen molar-refractivity contribution < 1.29 is 12.3 Å². The van der Waals surface area contributed by atoms with E-state index in [-0.39, 0.29) is 0 Å². The Hall–Kier alpha value is 0.708. The molecule has 0 aromatic rings. The van der Waals surface area contributed by atoms with E-state index in [1.807, 2.05) is 0 Å². The van der Waals surface area contributed by atoms with Crippen molar-refractivity contribution in [3.8, 4) is 0 Å². The fourth-order valence-corrected chi connectivity index (χ4v) is 33.2. The first-order valence-electron chi connectivity index (χ1n) is 5.40. The predicted molar refractivity (Wildman–Crippen MR) is 69.2 cm³/mol. The molecule has 2 fully saturated rings.